The zero-order valence-electron chi connectivity index (χ0n) is 13.3. The first-order chi connectivity index (χ1) is 11.8. The number of thioether (sulfide) groups is 1. The molecular formula is C18H18ClN3OS. The molecule has 4 nitrogen and oxygen atoms in total. The van der Waals surface area contributed by atoms with Crippen LogP contribution in [-0.2, 0) is 4.74 Å². The minimum Gasteiger partial charge on any atom is -0.376 e. The van der Waals surface area contributed by atoms with Gasteiger partial charge in [0, 0.05) is 10.7 Å². The number of anilines is 1. The number of nitrogens with one attached hydrogen (secondary N) is 1. The molecule has 2 atom stereocenters. The maximum atomic E-state index is 6.05. The number of fused-ring (bicyclic) bond motifs is 1. The Morgan fingerprint density at radius 3 is 2.83 bits per heavy atom. The zero-order valence-corrected chi connectivity index (χ0v) is 14.8. The maximum absolute atomic E-state index is 6.05. The van der Waals surface area contributed by atoms with E-state index in [0.29, 0.717) is 13.2 Å². The van der Waals surface area contributed by atoms with Crippen molar-refractivity contribution in [1.82, 2.24) is 9.97 Å². The van der Waals surface area contributed by atoms with E-state index in [9.17, 15) is 0 Å². The summed E-state index contributed by atoms with van der Waals surface area (Å²) >= 11 is 7.86. The summed E-state index contributed by atoms with van der Waals surface area (Å²) in [5.41, 5.74) is 4.42. The highest BCUT2D eigenvalue weighted by atomic mass is 35.5. The van der Waals surface area contributed by atoms with Gasteiger partial charge in [0.1, 0.15) is 0 Å². The van der Waals surface area contributed by atoms with Crippen molar-refractivity contribution in [3.63, 3.8) is 0 Å². The Labute approximate surface area is 150 Å². The van der Waals surface area contributed by atoms with Gasteiger partial charge in [0.2, 0.25) is 0 Å². The summed E-state index contributed by atoms with van der Waals surface area (Å²) in [7, 11) is 0. The summed E-state index contributed by atoms with van der Waals surface area (Å²) < 4.78 is 5.88. The third-order valence-electron chi connectivity index (χ3n) is 4.41. The summed E-state index contributed by atoms with van der Waals surface area (Å²) in [4.78, 5) is 9.96. The first-order valence-electron chi connectivity index (χ1n) is 7.84. The van der Waals surface area contributed by atoms with Gasteiger partial charge in [0.25, 0.3) is 0 Å². The number of H-pyrrole nitrogens is 1. The Morgan fingerprint density at radius 1 is 1.21 bits per heavy atom. The Morgan fingerprint density at radius 2 is 2.04 bits per heavy atom. The molecule has 4 rings (SSSR count). The third kappa shape index (κ3) is 2.88. The molecule has 0 aliphatic carbocycles. The molecule has 0 bridgehead atoms. The number of aromatic nitrogens is 2. The van der Waals surface area contributed by atoms with Crippen molar-refractivity contribution in [2.75, 3.05) is 24.4 Å². The molecule has 1 aliphatic rings. The van der Waals surface area contributed by atoms with Crippen LogP contribution in [0.15, 0.2) is 48.8 Å². The average molecular weight is 360 g/mol. The van der Waals surface area contributed by atoms with Crippen LogP contribution in [0.5, 0.6) is 0 Å². The molecule has 0 spiro atoms. The Kier molecular flexibility index (Phi) is 4.39. The molecule has 1 aromatic heterocycles. The quantitative estimate of drug-likeness (QED) is 0.748. The molecule has 0 saturated carbocycles. The molecule has 1 saturated heterocycles. The van der Waals surface area contributed by atoms with Gasteiger partial charge in [-0.05, 0) is 42.2 Å². The van der Waals surface area contributed by atoms with E-state index >= 15 is 0 Å². The van der Waals surface area contributed by atoms with Crippen LogP contribution in [0.2, 0.25) is 5.02 Å². The van der Waals surface area contributed by atoms with E-state index in [2.05, 4.69) is 51.5 Å². The molecule has 3 aromatic rings. The van der Waals surface area contributed by atoms with E-state index in [1.165, 1.54) is 11.3 Å². The van der Waals surface area contributed by atoms with Crippen molar-refractivity contribution >= 4 is 40.1 Å². The fourth-order valence-electron chi connectivity index (χ4n) is 3.20. The van der Waals surface area contributed by atoms with Crippen molar-refractivity contribution < 1.29 is 4.74 Å². The summed E-state index contributed by atoms with van der Waals surface area (Å²) in [5.74, 6) is 0. The minimum atomic E-state index is 0.161. The summed E-state index contributed by atoms with van der Waals surface area (Å²) in [5, 5.41) is 1.02. The number of aromatic amines is 1. The predicted molar refractivity (Wildman–Crippen MR) is 101 cm³/mol. The first-order valence-corrected chi connectivity index (χ1v) is 9.50. The number of hydrogen-bond donors (Lipinski definition) is 1. The molecule has 24 heavy (non-hydrogen) atoms. The Balaban J connectivity index is 1.77. The SMILES string of the molecule is CSC1COCC(c2ccc(Cl)cc2)N1c1ccc2nc[nH]c2c1. The number of halogens is 1. The second-order valence-corrected chi connectivity index (χ2v) is 7.26. The van der Waals surface area contributed by atoms with Gasteiger partial charge in [-0.2, -0.15) is 0 Å². The van der Waals surface area contributed by atoms with Crippen LogP contribution in [-0.4, -0.2) is 34.8 Å². The molecule has 2 unspecified atom stereocenters. The van der Waals surface area contributed by atoms with E-state index in [0.717, 1.165) is 16.1 Å². The van der Waals surface area contributed by atoms with Crippen molar-refractivity contribution in [2.45, 2.75) is 11.4 Å². The van der Waals surface area contributed by atoms with Gasteiger partial charge < -0.3 is 14.6 Å². The predicted octanol–water partition coefficient (Wildman–Crippen LogP) is 4.48. The molecule has 0 amide bonds. The molecule has 2 heterocycles. The van der Waals surface area contributed by atoms with Crippen molar-refractivity contribution in [2.24, 2.45) is 0 Å². The van der Waals surface area contributed by atoms with Crippen LogP contribution in [0.4, 0.5) is 5.69 Å². The van der Waals surface area contributed by atoms with Crippen LogP contribution < -0.4 is 4.90 Å². The number of nitrogens with zero attached hydrogens (tertiary/aromatic N) is 2. The van der Waals surface area contributed by atoms with Crippen LogP contribution in [0.3, 0.4) is 0 Å². The van der Waals surface area contributed by atoms with Crippen LogP contribution >= 0.6 is 23.4 Å². The van der Waals surface area contributed by atoms with Crippen molar-refractivity contribution in [3.8, 4) is 0 Å². The molecule has 124 valence electrons. The van der Waals surface area contributed by atoms with E-state index in [4.69, 9.17) is 16.3 Å². The van der Waals surface area contributed by atoms with Crippen molar-refractivity contribution in [1.29, 1.82) is 0 Å². The standard InChI is InChI=1S/C18H18ClN3OS/c1-24-18-10-23-9-17(12-2-4-13(19)5-3-12)22(18)14-6-7-15-16(8-14)21-11-20-15/h2-8,11,17-18H,9-10H2,1H3,(H,20,21). The van der Waals surface area contributed by atoms with Gasteiger partial charge in [-0.25, -0.2) is 4.98 Å². The largest absolute Gasteiger partial charge is 0.376 e. The van der Waals surface area contributed by atoms with Crippen LogP contribution in [0.25, 0.3) is 11.0 Å². The van der Waals surface area contributed by atoms with E-state index in [1.54, 1.807) is 18.1 Å². The number of rotatable bonds is 3. The van der Waals surface area contributed by atoms with E-state index in [-0.39, 0.29) is 11.4 Å². The molecular weight excluding hydrogens is 342 g/mol. The number of hydrogen-bond acceptors (Lipinski definition) is 4. The molecule has 6 heteroatoms. The monoisotopic (exact) mass is 359 g/mol. The summed E-state index contributed by atoms with van der Waals surface area (Å²) in [6.07, 6.45) is 3.86. The maximum Gasteiger partial charge on any atom is 0.0988 e. The lowest BCUT2D eigenvalue weighted by molar-refractivity contribution is 0.0866. The molecule has 1 fully saturated rings. The second-order valence-electron chi connectivity index (χ2n) is 5.81. The normalized spacial score (nSPS) is 21.3. The van der Waals surface area contributed by atoms with Crippen LogP contribution in [0.1, 0.15) is 11.6 Å². The van der Waals surface area contributed by atoms with Gasteiger partial charge >= 0.3 is 0 Å². The van der Waals surface area contributed by atoms with E-state index < -0.39 is 0 Å². The zero-order chi connectivity index (χ0) is 16.5. The van der Waals surface area contributed by atoms with Gasteiger partial charge in [0.15, 0.2) is 0 Å². The summed E-state index contributed by atoms with van der Waals surface area (Å²) in [6, 6.07) is 14.6. The number of imidazole rings is 1. The highest BCUT2D eigenvalue weighted by molar-refractivity contribution is 7.99. The Hall–Kier alpha value is -1.69. The van der Waals surface area contributed by atoms with Crippen molar-refractivity contribution in [3.05, 3.63) is 59.4 Å². The smallest absolute Gasteiger partial charge is 0.0988 e. The third-order valence-corrected chi connectivity index (χ3v) is 5.57. The number of morpholine rings is 1. The molecule has 0 radical (unpaired) electrons. The van der Waals surface area contributed by atoms with Gasteiger partial charge in [-0.1, -0.05) is 23.7 Å². The molecule has 1 aliphatic heterocycles. The lowest BCUT2D eigenvalue weighted by Crippen LogP contribution is -2.46. The average Bonchev–Trinajstić information content (AvgIpc) is 3.09. The fraction of sp³-hybridized carbons (Fsp3) is 0.278. The lowest BCUT2D eigenvalue weighted by Gasteiger charge is -2.43. The number of ether oxygens (including phenoxy) is 1. The van der Waals surface area contributed by atoms with E-state index in [1.807, 2.05) is 12.1 Å². The molecule has 1 N–H and O–H groups in total. The Bertz CT molecular complexity index is 836. The summed E-state index contributed by atoms with van der Waals surface area (Å²) in [6.45, 7) is 1.38. The topological polar surface area (TPSA) is 41.1 Å². The second kappa shape index (κ2) is 6.67. The highest BCUT2D eigenvalue weighted by Crippen LogP contribution is 2.37. The highest BCUT2D eigenvalue weighted by Gasteiger charge is 2.32. The number of benzene rings is 2. The van der Waals surface area contributed by atoms with Gasteiger partial charge in [-0.15, -0.1) is 11.8 Å². The van der Waals surface area contributed by atoms with Gasteiger partial charge in [-0.3, -0.25) is 0 Å². The molecule has 2 aromatic carbocycles. The van der Waals surface area contributed by atoms with Gasteiger partial charge in [0.05, 0.1) is 42.0 Å². The lowest BCUT2D eigenvalue weighted by atomic mass is 10.0. The first kappa shape index (κ1) is 15.8. The fourth-order valence-corrected chi connectivity index (χ4v) is 4.05. The van der Waals surface area contributed by atoms with Crippen LogP contribution in [0, 0.1) is 0 Å². The minimum absolute atomic E-state index is 0.161.